The van der Waals surface area contributed by atoms with E-state index in [1.165, 1.54) is 7.11 Å². The molecule has 0 aromatic heterocycles. The number of unbranched alkanes of at least 4 members (excludes halogenated alkanes) is 5. The number of carbonyl (C=O) groups is 4. The SMILES string of the molecule is COC1=C(/C=C2/N(CCCCCCO)c3ccc(SO)cc3C2(C)C)C(=C2C(=O)NC(=O)NC2=O)/C1=C/C1=[N+](CCCCCC(=O)O)c2ccc(SO)cc2C1(C)C. The Labute approximate surface area is 347 Å². The number of anilines is 1. The number of imide groups is 2. The van der Waals surface area contributed by atoms with Gasteiger partial charge in [-0.25, -0.2) is 4.79 Å². The molecule has 0 unspecified atom stereocenters. The zero-order chi connectivity index (χ0) is 41.9. The Bertz CT molecular complexity index is 2180. The summed E-state index contributed by atoms with van der Waals surface area (Å²) in [5, 5.41) is 23.1. The fourth-order valence-corrected chi connectivity index (χ4v) is 9.07. The van der Waals surface area contributed by atoms with Crippen LogP contribution in [0.2, 0.25) is 0 Å². The van der Waals surface area contributed by atoms with Crippen molar-refractivity contribution in [2.75, 3.05) is 31.7 Å². The Balaban J connectivity index is 1.55. The van der Waals surface area contributed by atoms with Crippen LogP contribution in [0.5, 0.6) is 0 Å². The van der Waals surface area contributed by atoms with Gasteiger partial charge in [0.05, 0.1) is 12.5 Å². The number of nitrogens with zero attached hydrogens (tertiary/aromatic N) is 2. The first kappa shape index (κ1) is 42.9. The lowest BCUT2D eigenvalue weighted by Crippen LogP contribution is -2.52. The summed E-state index contributed by atoms with van der Waals surface area (Å²) in [6.07, 6.45) is 9.21. The summed E-state index contributed by atoms with van der Waals surface area (Å²) >= 11 is 1.33. The van der Waals surface area contributed by atoms with Crippen LogP contribution < -0.4 is 15.5 Å². The molecule has 2 aromatic carbocycles. The summed E-state index contributed by atoms with van der Waals surface area (Å²) in [6.45, 7) is 9.64. The van der Waals surface area contributed by atoms with Crippen LogP contribution in [0.3, 0.4) is 0 Å². The third-order valence-corrected chi connectivity index (χ3v) is 12.4. The summed E-state index contributed by atoms with van der Waals surface area (Å²) in [4.78, 5) is 54.4. The number of fused-ring (bicyclic) bond motifs is 2. The fraction of sp³-hybridized carbons (Fsp3) is 0.419. The lowest BCUT2D eigenvalue weighted by Gasteiger charge is -2.34. The largest absolute Gasteiger partial charge is 0.495 e. The van der Waals surface area contributed by atoms with Crippen LogP contribution in [0.25, 0.3) is 0 Å². The topological polar surface area (TPSA) is 189 Å². The Morgan fingerprint density at radius 3 is 2.10 bits per heavy atom. The van der Waals surface area contributed by atoms with E-state index in [0.717, 1.165) is 59.6 Å². The van der Waals surface area contributed by atoms with Gasteiger partial charge in [0.25, 0.3) is 11.8 Å². The van der Waals surface area contributed by atoms with Crippen molar-refractivity contribution in [1.29, 1.82) is 0 Å². The highest BCUT2D eigenvalue weighted by Gasteiger charge is 2.48. The number of nitrogens with one attached hydrogen (secondary N) is 2. The molecule has 3 aliphatic heterocycles. The molecule has 0 radical (unpaired) electrons. The number of barbiturate groups is 1. The maximum Gasteiger partial charge on any atom is 0.328 e. The van der Waals surface area contributed by atoms with Crippen molar-refractivity contribution < 1.29 is 47.8 Å². The van der Waals surface area contributed by atoms with Crippen LogP contribution in [0.15, 0.2) is 92.1 Å². The molecule has 0 spiro atoms. The Kier molecular flexibility index (Phi) is 13.1. The second-order valence-corrected chi connectivity index (χ2v) is 17.2. The Hall–Kier alpha value is -4.67. The molecule has 0 saturated carbocycles. The van der Waals surface area contributed by atoms with Gasteiger partial charge >= 0.3 is 12.0 Å². The van der Waals surface area contributed by atoms with Gasteiger partial charge in [0.2, 0.25) is 5.69 Å². The van der Waals surface area contributed by atoms with Gasteiger partial charge in [-0.15, -0.1) is 0 Å². The lowest BCUT2D eigenvalue weighted by molar-refractivity contribution is -0.438. The molecule has 0 bridgehead atoms. The maximum atomic E-state index is 13.7. The average Bonchev–Trinajstić information content (AvgIpc) is 3.52. The molecule has 58 heavy (non-hydrogen) atoms. The molecule has 1 saturated heterocycles. The fourth-order valence-electron chi connectivity index (χ4n) is 8.47. The summed E-state index contributed by atoms with van der Waals surface area (Å²) in [6, 6.07) is 10.6. The van der Waals surface area contributed by atoms with Gasteiger partial charge in [0, 0.05) is 111 Å². The van der Waals surface area contributed by atoms with Crippen LogP contribution in [-0.4, -0.2) is 80.2 Å². The molecule has 1 fully saturated rings. The predicted octanol–water partition coefficient (Wildman–Crippen LogP) is 7.58. The van der Waals surface area contributed by atoms with E-state index in [1.807, 2.05) is 48.6 Å². The van der Waals surface area contributed by atoms with Crippen LogP contribution in [0.4, 0.5) is 16.2 Å². The third-order valence-electron chi connectivity index (χ3n) is 11.5. The van der Waals surface area contributed by atoms with E-state index in [4.69, 9.17) is 4.74 Å². The number of hydrogen-bond donors (Lipinski definition) is 6. The maximum absolute atomic E-state index is 13.7. The standard InChI is InChI=1S/C43H50N4O9S2/c1-42(2)29-21-25(57-54)14-16-31(29)46(18-10-6-7-12-20-48)33(42)23-27-36(37-39(51)44-41(53)45-40(37)52)28(38(27)56-5)24-34-43(3,4)30-22-26(58-55)15-17-32(30)47(34)19-11-8-9-13-35(49)50/h14-17,21-24,48H,6-13,18-20H2,1-5H3,(H4-,44,45,49,50,51,52,53,54,55)/p+1. The van der Waals surface area contributed by atoms with E-state index in [0.29, 0.717) is 88.7 Å². The summed E-state index contributed by atoms with van der Waals surface area (Å²) < 4.78 is 28.2. The van der Waals surface area contributed by atoms with Crippen molar-refractivity contribution in [2.24, 2.45) is 0 Å². The number of ether oxygens (including phenoxy) is 1. The van der Waals surface area contributed by atoms with Gasteiger partial charge in [0.15, 0.2) is 5.71 Å². The van der Waals surface area contributed by atoms with E-state index in [9.17, 15) is 38.5 Å². The van der Waals surface area contributed by atoms with Crippen LogP contribution >= 0.6 is 24.1 Å². The highest BCUT2D eigenvalue weighted by molar-refractivity contribution is 7.94. The first-order valence-electron chi connectivity index (χ1n) is 19.5. The second-order valence-electron chi connectivity index (χ2n) is 15.8. The van der Waals surface area contributed by atoms with Crippen molar-refractivity contribution in [2.45, 2.75) is 99.7 Å². The Morgan fingerprint density at radius 1 is 0.828 bits per heavy atom. The number of carbonyl (C=O) groups excluding carboxylic acids is 3. The molecule has 13 nitrogen and oxygen atoms in total. The molecular weight excluding hydrogens is 781 g/mol. The molecule has 1 aliphatic carbocycles. The zero-order valence-corrected chi connectivity index (χ0v) is 35.1. The average molecular weight is 832 g/mol. The first-order chi connectivity index (χ1) is 27.7. The minimum Gasteiger partial charge on any atom is -0.495 e. The number of hydrogen-bond acceptors (Lipinski definition) is 11. The van der Waals surface area contributed by atoms with Crippen molar-refractivity contribution >= 4 is 65.0 Å². The number of carboxylic acid groups (broad SMARTS) is 1. The van der Waals surface area contributed by atoms with E-state index >= 15 is 0 Å². The molecule has 308 valence electrons. The number of benzene rings is 2. The van der Waals surface area contributed by atoms with E-state index < -0.39 is 34.6 Å². The van der Waals surface area contributed by atoms with E-state index in [2.05, 4.69) is 47.8 Å². The van der Waals surface area contributed by atoms with Crippen LogP contribution in [0, 0.1) is 0 Å². The smallest absolute Gasteiger partial charge is 0.328 e. The number of aliphatic hydroxyl groups is 1. The molecule has 3 heterocycles. The number of aliphatic hydroxyl groups excluding tert-OH is 1. The van der Waals surface area contributed by atoms with Gasteiger partial charge in [-0.3, -0.25) is 25.0 Å². The highest BCUT2D eigenvalue weighted by atomic mass is 32.2. The highest BCUT2D eigenvalue weighted by Crippen LogP contribution is 2.53. The number of amides is 4. The second kappa shape index (κ2) is 17.7. The van der Waals surface area contributed by atoms with E-state index in [-0.39, 0.29) is 18.6 Å². The number of methoxy groups -OCH3 is 1. The molecule has 6 rings (SSSR count). The van der Waals surface area contributed by atoms with Gasteiger partial charge < -0.3 is 29.0 Å². The van der Waals surface area contributed by atoms with E-state index in [1.54, 1.807) is 0 Å². The number of allylic oxidation sites excluding steroid dienone is 5. The monoisotopic (exact) mass is 831 g/mol. The predicted molar refractivity (Wildman–Crippen MR) is 224 cm³/mol. The summed E-state index contributed by atoms with van der Waals surface area (Å²) in [5.41, 5.74) is 5.45. The molecule has 2 aromatic rings. The van der Waals surface area contributed by atoms with Crippen molar-refractivity contribution in [1.82, 2.24) is 10.6 Å². The third kappa shape index (κ3) is 8.15. The molecule has 6 N–H and O–H groups in total. The molecule has 0 atom stereocenters. The normalized spacial score (nSPS) is 19.5. The number of carboxylic acids is 1. The molecule has 15 heteroatoms. The molecule has 4 aliphatic rings. The number of rotatable bonds is 17. The summed E-state index contributed by atoms with van der Waals surface area (Å²) in [7, 11) is 1.54. The van der Waals surface area contributed by atoms with Crippen molar-refractivity contribution in [3.05, 3.63) is 93.4 Å². The first-order valence-corrected chi connectivity index (χ1v) is 21.1. The van der Waals surface area contributed by atoms with Gasteiger partial charge in [-0.1, -0.05) is 26.7 Å². The van der Waals surface area contributed by atoms with Crippen LogP contribution in [-0.2, 0) is 30.0 Å². The number of aliphatic carboxylic acids is 1. The zero-order valence-electron chi connectivity index (χ0n) is 33.4. The van der Waals surface area contributed by atoms with Gasteiger partial charge in [0.1, 0.15) is 17.9 Å². The van der Waals surface area contributed by atoms with Crippen molar-refractivity contribution in [3.8, 4) is 0 Å². The minimum atomic E-state index is -0.911. The lowest BCUT2D eigenvalue weighted by atomic mass is 9.74. The minimum absolute atomic E-state index is 0.0776. The van der Waals surface area contributed by atoms with Gasteiger partial charge in [-0.2, -0.15) is 4.58 Å². The van der Waals surface area contributed by atoms with Crippen molar-refractivity contribution in [3.63, 3.8) is 0 Å². The number of urea groups is 1. The quantitative estimate of drug-likeness (QED) is 0.0302. The molecule has 4 amide bonds. The summed E-state index contributed by atoms with van der Waals surface area (Å²) in [5.74, 6) is -2.06. The Morgan fingerprint density at radius 2 is 1.47 bits per heavy atom. The molecular formula is C43H51N4O9S2+. The van der Waals surface area contributed by atoms with Crippen LogP contribution in [0.1, 0.15) is 90.2 Å². The van der Waals surface area contributed by atoms with Gasteiger partial charge in [-0.05, 0) is 81.5 Å².